The van der Waals surface area contributed by atoms with E-state index in [1.54, 1.807) is 0 Å². The van der Waals surface area contributed by atoms with Crippen LogP contribution in [0.15, 0.2) is 24.3 Å². The fourth-order valence-electron chi connectivity index (χ4n) is 3.37. The van der Waals surface area contributed by atoms with Gasteiger partial charge < -0.3 is 10.2 Å². The van der Waals surface area contributed by atoms with Crippen molar-refractivity contribution in [3.8, 4) is 0 Å². The summed E-state index contributed by atoms with van der Waals surface area (Å²) in [4.78, 5) is 7.14. The molecule has 1 aromatic carbocycles. The number of fused-ring (bicyclic) bond motifs is 3. The van der Waals surface area contributed by atoms with Gasteiger partial charge >= 0.3 is 0 Å². The normalized spacial score (nSPS) is 19.5. The van der Waals surface area contributed by atoms with Crippen molar-refractivity contribution in [1.29, 1.82) is 0 Å². The van der Waals surface area contributed by atoms with Gasteiger partial charge in [-0.25, -0.2) is 9.50 Å². The topological polar surface area (TPSA) is 45.5 Å². The second kappa shape index (κ2) is 5.65. The van der Waals surface area contributed by atoms with Crippen LogP contribution < -0.4 is 5.32 Å². The largest absolute Gasteiger partial charge is 0.365 e. The minimum Gasteiger partial charge on any atom is -0.365 e. The molecule has 0 radical (unpaired) electrons. The van der Waals surface area contributed by atoms with Gasteiger partial charge in [-0.3, -0.25) is 0 Å². The standard InChI is InChI=1S/C17H20ClN5/c1-11-15(18)17-20-16(19-12-6-5-9-22(2)10-12)13-7-3-4-8-14(13)23(17)21-11/h3-4,7-8,12H,5-6,9-10H2,1-2H3,(H,19,20)/t12-/m0/s1. The Balaban J connectivity index is 1.85. The van der Waals surface area contributed by atoms with Crippen molar-refractivity contribution in [1.82, 2.24) is 19.5 Å². The SMILES string of the molecule is Cc1nn2c(nc(N[C@H]3CCCN(C)C3)c3ccccc32)c1Cl. The van der Waals surface area contributed by atoms with Gasteiger partial charge in [0.15, 0.2) is 5.65 Å². The highest BCUT2D eigenvalue weighted by atomic mass is 35.5. The van der Waals surface area contributed by atoms with E-state index in [9.17, 15) is 0 Å². The van der Waals surface area contributed by atoms with Gasteiger partial charge in [0, 0.05) is 18.0 Å². The van der Waals surface area contributed by atoms with Crippen LogP contribution in [0.25, 0.3) is 16.6 Å². The molecule has 0 saturated carbocycles. The Morgan fingerprint density at radius 2 is 2.13 bits per heavy atom. The monoisotopic (exact) mass is 329 g/mol. The molecule has 0 spiro atoms. The lowest BCUT2D eigenvalue weighted by molar-refractivity contribution is 0.261. The zero-order valence-electron chi connectivity index (χ0n) is 13.4. The van der Waals surface area contributed by atoms with E-state index in [0.717, 1.165) is 41.0 Å². The summed E-state index contributed by atoms with van der Waals surface area (Å²) in [6.07, 6.45) is 2.37. The Hall–Kier alpha value is -1.85. The minimum atomic E-state index is 0.412. The Morgan fingerprint density at radius 1 is 1.30 bits per heavy atom. The van der Waals surface area contributed by atoms with Gasteiger partial charge in [0.1, 0.15) is 10.8 Å². The molecule has 0 bridgehead atoms. The summed E-state index contributed by atoms with van der Waals surface area (Å²) < 4.78 is 1.84. The third kappa shape index (κ3) is 2.54. The maximum atomic E-state index is 6.40. The number of aryl methyl sites for hydroxylation is 1. The zero-order valence-corrected chi connectivity index (χ0v) is 14.1. The second-order valence-corrected chi connectivity index (χ2v) is 6.74. The van der Waals surface area contributed by atoms with Gasteiger partial charge in [-0.2, -0.15) is 5.10 Å². The van der Waals surface area contributed by atoms with Crippen molar-refractivity contribution in [2.75, 3.05) is 25.5 Å². The van der Waals surface area contributed by atoms with Crippen LogP contribution in [-0.2, 0) is 0 Å². The molecule has 6 heteroatoms. The molecule has 2 aromatic heterocycles. The summed E-state index contributed by atoms with van der Waals surface area (Å²) in [7, 11) is 2.17. The first-order chi connectivity index (χ1) is 11.1. The van der Waals surface area contributed by atoms with E-state index >= 15 is 0 Å². The number of likely N-dealkylation sites (N-methyl/N-ethyl adjacent to an activating group) is 1. The molecular formula is C17H20ClN5. The predicted molar refractivity (Wildman–Crippen MR) is 94.4 cm³/mol. The van der Waals surface area contributed by atoms with E-state index in [1.165, 1.54) is 13.0 Å². The molecule has 0 aliphatic carbocycles. The molecule has 3 aromatic rings. The van der Waals surface area contributed by atoms with Gasteiger partial charge in [-0.1, -0.05) is 23.7 Å². The first-order valence-corrected chi connectivity index (χ1v) is 8.40. The highest BCUT2D eigenvalue weighted by Crippen LogP contribution is 2.29. The average Bonchev–Trinajstić information content (AvgIpc) is 2.83. The van der Waals surface area contributed by atoms with Crippen LogP contribution in [0.3, 0.4) is 0 Å². The number of piperidine rings is 1. The van der Waals surface area contributed by atoms with Gasteiger partial charge in [0.05, 0.1) is 11.2 Å². The van der Waals surface area contributed by atoms with E-state index in [2.05, 4.69) is 34.5 Å². The van der Waals surface area contributed by atoms with Crippen molar-refractivity contribution in [2.45, 2.75) is 25.8 Å². The van der Waals surface area contributed by atoms with Crippen LogP contribution in [0.1, 0.15) is 18.5 Å². The maximum absolute atomic E-state index is 6.40. The van der Waals surface area contributed by atoms with Crippen molar-refractivity contribution in [3.63, 3.8) is 0 Å². The van der Waals surface area contributed by atoms with Crippen molar-refractivity contribution in [2.24, 2.45) is 0 Å². The fourth-order valence-corrected chi connectivity index (χ4v) is 3.53. The molecule has 0 amide bonds. The molecule has 5 nitrogen and oxygen atoms in total. The molecule has 1 atom stereocenters. The quantitative estimate of drug-likeness (QED) is 0.783. The van der Waals surface area contributed by atoms with Crippen molar-refractivity contribution >= 4 is 34.0 Å². The number of hydrogen-bond acceptors (Lipinski definition) is 4. The summed E-state index contributed by atoms with van der Waals surface area (Å²) in [5.74, 6) is 0.898. The van der Waals surface area contributed by atoms with E-state index in [-0.39, 0.29) is 0 Å². The number of halogens is 1. The van der Waals surface area contributed by atoms with Crippen LogP contribution >= 0.6 is 11.6 Å². The van der Waals surface area contributed by atoms with Gasteiger partial charge in [-0.15, -0.1) is 0 Å². The number of hydrogen-bond donors (Lipinski definition) is 1. The Bertz CT molecular complexity index is 872. The number of nitrogens with zero attached hydrogens (tertiary/aromatic N) is 4. The average molecular weight is 330 g/mol. The van der Waals surface area contributed by atoms with Crippen LogP contribution in [-0.4, -0.2) is 45.7 Å². The molecule has 1 saturated heterocycles. The van der Waals surface area contributed by atoms with E-state index < -0.39 is 0 Å². The first-order valence-electron chi connectivity index (χ1n) is 8.02. The number of rotatable bonds is 2. The van der Waals surface area contributed by atoms with Crippen molar-refractivity contribution < 1.29 is 0 Å². The summed E-state index contributed by atoms with van der Waals surface area (Å²) in [6, 6.07) is 8.61. The first kappa shape index (κ1) is 14.7. The Kier molecular flexibility index (Phi) is 3.62. The lowest BCUT2D eigenvalue weighted by Crippen LogP contribution is -2.40. The van der Waals surface area contributed by atoms with Crippen LogP contribution in [0.2, 0.25) is 5.02 Å². The number of nitrogens with one attached hydrogen (secondary N) is 1. The lowest BCUT2D eigenvalue weighted by Gasteiger charge is -2.30. The fraction of sp³-hybridized carbons (Fsp3) is 0.412. The zero-order chi connectivity index (χ0) is 16.0. The number of anilines is 1. The molecule has 120 valence electrons. The molecule has 3 heterocycles. The highest BCUT2D eigenvalue weighted by Gasteiger charge is 2.20. The summed E-state index contributed by atoms with van der Waals surface area (Å²) in [6.45, 7) is 4.11. The maximum Gasteiger partial charge on any atom is 0.176 e. The van der Waals surface area contributed by atoms with Gasteiger partial charge in [0.2, 0.25) is 0 Å². The highest BCUT2D eigenvalue weighted by molar-refractivity contribution is 6.34. The summed E-state index contributed by atoms with van der Waals surface area (Å²) in [5.41, 5.74) is 2.55. The third-order valence-electron chi connectivity index (χ3n) is 4.53. The predicted octanol–water partition coefficient (Wildman–Crippen LogP) is 3.35. The van der Waals surface area contributed by atoms with E-state index in [1.807, 2.05) is 23.6 Å². The van der Waals surface area contributed by atoms with Crippen LogP contribution in [0.5, 0.6) is 0 Å². The molecule has 1 N–H and O–H groups in total. The van der Waals surface area contributed by atoms with Crippen LogP contribution in [0.4, 0.5) is 5.82 Å². The van der Waals surface area contributed by atoms with Crippen molar-refractivity contribution in [3.05, 3.63) is 35.0 Å². The smallest absolute Gasteiger partial charge is 0.176 e. The molecule has 1 aliphatic heterocycles. The minimum absolute atomic E-state index is 0.412. The molecule has 0 unspecified atom stereocenters. The molecular weight excluding hydrogens is 310 g/mol. The molecule has 23 heavy (non-hydrogen) atoms. The Morgan fingerprint density at radius 3 is 2.96 bits per heavy atom. The number of aromatic nitrogens is 3. The van der Waals surface area contributed by atoms with E-state index in [0.29, 0.717) is 11.1 Å². The number of para-hydroxylation sites is 1. The molecule has 1 aliphatic rings. The molecule has 4 rings (SSSR count). The summed E-state index contributed by atoms with van der Waals surface area (Å²) >= 11 is 6.40. The van der Waals surface area contributed by atoms with Gasteiger partial charge in [0.25, 0.3) is 0 Å². The Labute approximate surface area is 140 Å². The molecule has 1 fully saturated rings. The van der Waals surface area contributed by atoms with Crippen LogP contribution in [0, 0.1) is 6.92 Å². The lowest BCUT2D eigenvalue weighted by atomic mass is 10.1. The van der Waals surface area contributed by atoms with Gasteiger partial charge in [-0.05, 0) is 45.5 Å². The van der Waals surface area contributed by atoms with E-state index in [4.69, 9.17) is 16.6 Å². The summed E-state index contributed by atoms with van der Waals surface area (Å²) in [5, 5.41) is 9.86. The third-order valence-corrected chi connectivity index (χ3v) is 4.98. The number of likely N-dealkylation sites (tertiary alicyclic amines) is 1. The second-order valence-electron chi connectivity index (χ2n) is 6.36. The number of benzene rings is 1.